The van der Waals surface area contributed by atoms with Crippen LogP contribution in [-0.4, -0.2) is 4.98 Å². The molecule has 0 aromatic carbocycles. The van der Waals surface area contributed by atoms with Gasteiger partial charge in [0.05, 0.1) is 5.69 Å². The third-order valence-corrected chi connectivity index (χ3v) is 2.78. The van der Waals surface area contributed by atoms with Crippen molar-refractivity contribution in [2.45, 2.75) is 13.3 Å². The molecule has 12 heavy (non-hydrogen) atoms. The molecule has 66 valence electrons. The Kier molecular flexibility index (Phi) is 3.17. The zero-order valence-electron chi connectivity index (χ0n) is 6.11. The maximum absolute atomic E-state index is 12.2. The van der Waals surface area contributed by atoms with Crippen LogP contribution >= 0.6 is 31.9 Å². The summed E-state index contributed by atoms with van der Waals surface area (Å²) in [5.74, 6) is 0. The lowest BCUT2D eigenvalue weighted by Crippen LogP contribution is -1.94. The summed E-state index contributed by atoms with van der Waals surface area (Å²) in [6, 6.07) is 1.57. The molecule has 1 nitrogen and oxygen atoms in total. The van der Waals surface area contributed by atoms with Gasteiger partial charge in [0.1, 0.15) is 5.69 Å². The second kappa shape index (κ2) is 3.79. The quantitative estimate of drug-likeness (QED) is 0.767. The van der Waals surface area contributed by atoms with Gasteiger partial charge in [0, 0.05) is 8.95 Å². The minimum atomic E-state index is -2.54. The fraction of sp³-hybridized carbons (Fsp3) is 0.286. The highest BCUT2D eigenvalue weighted by atomic mass is 79.9. The van der Waals surface area contributed by atoms with Crippen LogP contribution in [0.15, 0.2) is 15.0 Å². The molecule has 1 heterocycles. The number of rotatable bonds is 1. The van der Waals surface area contributed by atoms with Crippen LogP contribution in [0.2, 0.25) is 0 Å². The molecule has 0 radical (unpaired) electrons. The van der Waals surface area contributed by atoms with Crippen molar-refractivity contribution in [1.29, 1.82) is 0 Å². The average molecular weight is 301 g/mol. The molecule has 0 saturated carbocycles. The van der Waals surface area contributed by atoms with E-state index in [-0.39, 0.29) is 5.69 Å². The van der Waals surface area contributed by atoms with Crippen molar-refractivity contribution >= 4 is 31.9 Å². The van der Waals surface area contributed by atoms with E-state index in [1.165, 1.54) is 0 Å². The topological polar surface area (TPSA) is 12.9 Å². The minimum Gasteiger partial charge on any atom is -0.250 e. The molecule has 0 spiro atoms. The highest BCUT2D eigenvalue weighted by molar-refractivity contribution is 9.11. The second-order valence-corrected chi connectivity index (χ2v) is 3.93. The van der Waals surface area contributed by atoms with Gasteiger partial charge >= 0.3 is 0 Å². The Labute approximate surface area is 85.4 Å². The molecule has 0 aliphatic heterocycles. The molecule has 0 amide bonds. The first-order valence-corrected chi connectivity index (χ1v) is 4.71. The third-order valence-electron chi connectivity index (χ3n) is 1.34. The number of halogens is 4. The van der Waals surface area contributed by atoms with Crippen LogP contribution in [0.5, 0.6) is 0 Å². The summed E-state index contributed by atoms with van der Waals surface area (Å²) < 4.78 is 25.5. The predicted molar refractivity (Wildman–Crippen MR) is 49.3 cm³/mol. The summed E-state index contributed by atoms with van der Waals surface area (Å²) in [5, 5.41) is 0. The summed E-state index contributed by atoms with van der Waals surface area (Å²) in [5.41, 5.74) is 0.351. The van der Waals surface area contributed by atoms with Crippen molar-refractivity contribution in [3.8, 4) is 0 Å². The molecule has 1 rings (SSSR count). The van der Waals surface area contributed by atoms with E-state index in [1.807, 2.05) is 0 Å². The van der Waals surface area contributed by atoms with Crippen LogP contribution in [0.1, 0.15) is 17.8 Å². The van der Waals surface area contributed by atoms with Gasteiger partial charge in [-0.25, -0.2) is 13.8 Å². The highest BCUT2D eigenvalue weighted by Gasteiger charge is 2.14. The van der Waals surface area contributed by atoms with E-state index in [2.05, 4.69) is 36.8 Å². The number of hydrogen-bond acceptors (Lipinski definition) is 1. The van der Waals surface area contributed by atoms with Crippen LogP contribution in [0, 0.1) is 6.92 Å². The SMILES string of the molecule is Cc1nc(C(F)F)c(Br)cc1Br. The molecule has 0 bridgehead atoms. The molecule has 0 atom stereocenters. The number of aryl methyl sites for hydroxylation is 1. The zero-order valence-corrected chi connectivity index (χ0v) is 9.29. The van der Waals surface area contributed by atoms with Crippen molar-refractivity contribution in [1.82, 2.24) is 4.98 Å². The van der Waals surface area contributed by atoms with Crippen LogP contribution in [-0.2, 0) is 0 Å². The molecule has 0 aliphatic carbocycles. The fourth-order valence-corrected chi connectivity index (χ4v) is 1.85. The maximum Gasteiger partial charge on any atom is 0.281 e. The van der Waals surface area contributed by atoms with E-state index in [9.17, 15) is 8.78 Å². The Morgan fingerprint density at radius 2 is 1.92 bits per heavy atom. The zero-order chi connectivity index (χ0) is 9.30. The van der Waals surface area contributed by atoms with E-state index < -0.39 is 6.43 Å². The van der Waals surface area contributed by atoms with Crippen LogP contribution in [0.4, 0.5) is 8.78 Å². The summed E-state index contributed by atoms with van der Waals surface area (Å²) in [7, 11) is 0. The molecule has 1 aromatic heterocycles. The van der Waals surface area contributed by atoms with Crippen molar-refractivity contribution in [3.05, 3.63) is 26.4 Å². The average Bonchev–Trinajstić information content (AvgIpc) is 1.96. The van der Waals surface area contributed by atoms with Gasteiger partial charge in [-0.3, -0.25) is 0 Å². The van der Waals surface area contributed by atoms with Crippen molar-refractivity contribution in [2.24, 2.45) is 0 Å². The summed E-state index contributed by atoms with van der Waals surface area (Å²) in [6.07, 6.45) is -2.54. The predicted octanol–water partition coefficient (Wildman–Crippen LogP) is 3.85. The lowest BCUT2D eigenvalue weighted by Gasteiger charge is -2.04. The Balaban J connectivity index is 3.23. The summed E-state index contributed by atoms with van der Waals surface area (Å²) in [6.45, 7) is 1.67. The van der Waals surface area contributed by atoms with Crippen LogP contribution < -0.4 is 0 Å². The number of hydrogen-bond donors (Lipinski definition) is 0. The summed E-state index contributed by atoms with van der Waals surface area (Å²) >= 11 is 6.20. The van der Waals surface area contributed by atoms with Crippen LogP contribution in [0.25, 0.3) is 0 Å². The molecule has 0 unspecified atom stereocenters. The molecule has 0 saturated heterocycles. The van der Waals surface area contributed by atoms with E-state index in [1.54, 1.807) is 13.0 Å². The van der Waals surface area contributed by atoms with E-state index in [4.69, 9.17) is 0 Å². The summed E-state index contributed by atoms with van der Waals surface area (Å²) in [4.78, 5) is 3.73. The first-order valence-electron chi connectivity index (χ1n) is 3.13. The third kappa shape index (κ3) is 2.01. The second-order valence-electron chi connectivity index (χ2n) is 2.22. The van der Waals surface area contributed by atoms with E-state index in [0.717, 1.165) is 4.47 Å². The number of alkyl halides is 2. The lowest BCUT2D eigenvalue weighted by molar-refractivity contribution is 0.145. The Morgan fingerprint density at radius 3 is 2.42 bits per heavy atom. The maximum atomic E-state index is 12.2. The Hall–Kier alpha value is -0.0300. The molecule has 0 N–H and O–H groups in total. The molecule has 0 fully saturated rings. The van der Waals surface area contributed by atoms with Gasteiger partial charge in [-0.05, 0) is 44.8 Å². The van der Waals surface area contributed by atoms with Crippen LogP contribution in [0.3, 0.4) is 0 Å². The fourth-order valence-electron chi connectivity index (χ4n) is 0.730. The van der Waals surface area contributed by atoms with E-state index >= 15 is 0 Å². The lowest BCUT2D eigenvalue weighted by atomic mass is 10.3. The standard InChI is InChI=1S/C7H5Br2F2N/c1-3-4(8)2-5(9)6(12-3)7(10)11/h2,7H,1H3. The number of nitrogens with zero attached hydrogens (tertiary/aromatic N) is 1. The van der Waals surface area contributed by atoms with Gasteiger partial charge in [-0.1, -0.05) is 0 Å². The number of aromatic nitrogens is 1. The van der Waals surface area contributed by atoms with Gasteiger partial charge in [0.15, 0.2) is 0 Å². The van der Waals surface area contributed by atoms with Crippen molar-refractivity contribution in [2.75, 3.05) is 0 Å². The minimum absolute atomic E-state index is 0.212. The smallest absolute Gasteiger partial charge is 0.250 e. The first kappa shape index (κ1) is 10.1. The van der Waals surface area contributed by atoms with Gasteiger partial charge in [-0.2, -0.15) is 0 Å². The Bertz CT molecular complexity index is 302. The Morgan fingerprint density at radius 1 is 1.33 bits per heavy atom. The highest BCUT2D eigenvalue weighted by Crippen LogP contribution is 2.29. The van der Waals surface area contributed by atoms with Gasteiger partial charge < -0.3 is 0 Å². The van der Waals surface area contributed by atoms with E-state index in [0.29, 0.717) is 10.2 Å². The van der Waals surface area contributed by atoms with Gasteiger partial charge in [0.25, 0.3) is 6.43 Å². The molecular formula is C7H5Br2F2N. The number of pyridine rings is 1. The molecule has 5 heteroatoms. The normalized spacial score (nSPS) is 10.8. The first-order chi connectivity index (χ1) is 5.52. The monoisotopic (exact) mass is 299 g/mol. The van der Waals surface area contributed by atoms with Crippen molar-refractivity contribution in [3.63, 3.8) is 0 Å². The molecule has 1 aromatic rings. The molecular weight excluding hydrogens is 296 g/mol. The largest absolute Gasteiger partial charge is 0.281 e. The van der Waals surface area contributed by atoms with Gasteiger partial charge in [0.2, 0.25) is 0 Å². The van der Waals surface area contributed by atoms with Crippen molar-refractivity contribution < 1.29 is 8.78 Å². The molecule has 0 aliphatic rings. The van der Waals surface area contributed by atoms with Gasteiger partial charge in [-0.15, -0.1) is 0 Å².